The Morgan fingerprint density at radius 1 is 0.800 bits per heavy atom. The number of carbonyl (C=O) groups excluding carboxylic acids is 1. The molecule has 3 N–H and O–H groups in total. The van der Waals surface area contributed by atoms with Crippen molar-refractivity contribution in [2.24, 2.45) is 0 Å². The molecule has 202 valence electrons. The lowest BCUT2D eigenvalue weighted by Crippen LogP contribution is -2.18. The van der Waals surface area contributed by atoms with E-state index in [4.69, 9.17) is 0 Å². The second-order valence-corrected chi connectivity index (χ2v) is 11.7. The molecule has 0 aromatic heterocycles. The van der Waals surface area contributed by atoms with Gasteiger partial charge in [-0.3, -0.25) is 14.4 Å². The summed E-state index contributed by atoms with van der Waals surface area (Å²) in [5.41, 5.74) is 5.45. The maximum absolute atomic E-state index is 13.4. The van der Waals surface area contributed by atoms with Crippen LogP contribution in [0.15, 0.2) is 108 Å². The van der Waals surface area contributed by atoms with Gasteiger partial charge in [0.05, 0.1) is 16.2 Å². The van der Waals surface area contributed by atoms with Crippen molar-refractivity contribution in [3.63, 3.8) is 0 Å². The van der Waals surface area contributed by atoms with Crippen LogP contribution in [0.25, 0.3) is 11.3 Å². The quantitative estimate of drug-likeness (QED) is 0.234. The van der Waals surface area contributed by atoms with Crippen molar-refractivity contribution in [1.82, 2.24) is 4.90 Å². The molecule has 0 spiro atoms. The summed E-state index contributed by atoms with van der Waals surface area (Å²) >= 11 is 0. The fourth-order valence-electron chi connectivity index (χ4n) is 5.20. The number of fused-ring (bicyclic) bond motifs is 1. The Kier molecular flexibility index (Phi) is 7.11. The van der Waals surface area contributed by atoms with E-state index < -0.39 is 10.0 Å². The zero-order chi connectivity index (χ0) is 27.5. The molecule has 4 aromatic rings. The first kappa shape index (κ1) is 25.9. The van der Waals surface area contributed by atoms with E-state index >= 15 is 0 Å². The summed E-state index contributed by atoms with van der Waals surface area (Å²) < 4.78 is 29.1. The van der Waals surface area contributed by atoms with Gasteiger partial charge in [0.15, 0.2) is 0 Å². The number of rotatable bonds is 8. The van der Waals surface area contributed by atoms with Crippen LogP contribution in [0.1, 0.15) is 29.5 Å². The number of likely N-dealkylation sites (tertiary alicyclic amines) is 1. The number of anilines is 3. The summed E-state index contributed by atoms with van der Waals surface area (Å²) in [5, 5.41) is 6.37. The zero-order valence-electron chi connectivity index (χ0n) is 21.9. The third-order valence-electron chi connectivity index (χ3n) is 7.21. The van der Waals surface area contributed by atoms with E-state index in [1.54, 1.807) is 36.4 Å². The SMILES string of the molecule is O=C1Nc2ccc(S(=O)(=O)Nc3ccccc3)cc2/C1=C(/Nc1ccc(CN2CCCC2)cc1)c1ccccc1. The molecule has 2 heterocycles. The summed E-state index contributed by atoms with van der Waals surface area (Å²) in [5.74, 6) is -0.294. The van der Waals surface area contributed by atoms with E-state index in [2.05, 4.69) is 32.4 Å². The number of nitrogens with one attached hydrogen (secondary N) is 3. The van der Waals surface area contributed by atoms with Crippen LogP contribution < -0.4 is 15.4 Å². The number of carbonyl (C=O) groups is 1. The van der Waals surface area contributed by atoms with E-state index in [1.165, 1.54) is 24.5 Å². The standard InChI is InChI=1S/C32H30N4O3S/c37-32-30(28-21-27(17-18-29(28)34-32)40(38,39)35-26-11-5-2-6-12-26)31(24-9-3-1-4-10-24)33-25-15-13-23(14-16-25)22-36-19-7-8-20-36/h1-6,9-18,21,33,35H,7-8,19-20,22H2,(H,34,37)/b31-30-. The first-order valence-electron chi connectivity index (χ1n) is 13.4. The van der Waals surface area contributed by atoms with Crippen LogP contribution in [0.3, 0.4) is 0 Å². The van der Waals surface area contributed by atoms with Gasteiger partial charge in [-0.1, -0.05) is 60.7 Å². The van der Waals surface area contributed by atoms with Gasteiger partial charge in [0.25, 0.3) is 15.9 Å². The molecule has 8 heteroatoms. The number of para-hydroxylation sites is 1. The highest BCUT2D eigenvalue weighted by Crippen LogP contribution is 2.39. The number of amides is 1. The van der Waals surface area contributed by atoms with Gasteiger partial charge < -0.3 is 10.6 Å². The van der Waals surface area contributed by atoms with E-state index in [1.807, 2.05) is 48.5 Å². The minimum absolute atomic E-state index is 0.0720. The second-order valence-electron chi connectivity index (χ2n) is 10.1. The maximum atomic E-state index is 13.4. The van der Waals surface area contributed by atoms with Crippen molar-refractivity contribution in [1.29, 1.82) is 0 Å². The molecule has 1 saturated heterocycles. The fourth-order valence-corrected chi connectivity index (χ4v) is 6.29. The molecule has 7 nitrogen and oxygen atoms in total. The third kappa shape index (κ3) is 5.50. The number of nitrogens with zero attached hydrogens (tertiary/aromatic N) is 1. The van der Waals surface area contributed by atoms with E-state index in [-0.39, 0.29) is 10.8 Å². The molecule has 0 saturated carbocycles. The molecule has 0 radical (unpaired) electrons. The van der Waals surface area contributed by atoms with E-state index in [0.29, 0.717) is 28.2 Å². The topological polar surface area (TPSA) is 90.5 Å². The normalized spacial score (nSPS) is 16.4. The number of hydrogen-bond acceptors (Lipinski definition) is 5. The van der Waals surface area contributed by atoms with Crippen LogP contribution in [-0.2, 0) is 21.4 Å². The van der Waals surface area contributed by atoms with Crippen LogP contribution >= 0.6 is 0 Å². The molecule has 0 aliphatic carbocycles. The Bertz CT molecular complexity index is 1660. The highest BCUT2D eigenvalue weighted by Gasteiger charge is 2.30. The predicted molar refractivity (Wildman–Crippen MR) is 160 cm³/mol. The molecule has 1 amide bonds. The minimum Gasteiger partial charge on any atom is -0.354 e. The highest BCUT2D eigenvalue weighted by atomic mass is 32.2. The number of sulfonamides is 1. The zero-order valence-corrected chi connectivity index (χ0v) is 22.7. The Morgan fingerprint density at radius 3 is 2.17 bits per heavy atom. The molecule has 40 heavy (non-hydrogen) atoms. The third-order valence-corrected chi connectivity index (χ3v) is 8.59. The van der Waals surface area contributed by atoms with E-state index in [0.717, 1.165) is 30.9 Å². The molecule has 0 bridgehead atoms. The Morgan fingerprint density at radius 2 is 1.48 bits per heavy atom. The summed E-state index contributed by atoms with van der Waals surface area (Å²) in [6.45, 7) is 3.20. The Labute approximate surface area is 234 Å². The van der Waals surface area contributed by atoms with Crippen molar-refractivity contribution < 1.29 is 13.2 Å². The summed E-state index contributed by atoms with van der Waals surface area (Å²) in [6.07, 6.45) is 2.50. The van der Waals surface area contributed by atoms with Gasteiger partial charge in [-0.2, -0.15) is 0 Å². The van der Waals surface area contributed by atoms with Crippen LogP contribution in [-0.4, -0.2) is 32.3 Å². The average molecular weight is 551 g/mol. The van der Waals surface area contributed by atoms with Gasteiger partial charge in [-0.25, -0.2) is 8.42 Å². The summed E-state index contributed by atoms with van der Waals surface area (Å²) in [6, 6.07) is 31.3. The van der Waals surface area contributed by atoms with Gasteiger partial charge >= 0.3 is 0 Å². The van der Waals surface area contributed by atoms with Gasteiger partial charge in [0.2, 0.25) is 0 Å². The number of benzene rings is 4. The van der Waals surface area contributed by atoms with Gasteiger partial charge in [0, 0.05) is 29.2 Å². The van der Waals surface area contributed by atoms with Gasteiger partial charge in [-0.05, 0) is 79.5 Å². The van der Waals surface area contributed by atoms with Crippen LogP contribution in [0.2, 0.25) is 0 Å². The first-order chi connectivity index (χ1) is 19.5. The molecule has 1 fully saturated rings. The van der Waals surface area contributed by atoms with Crippen molar-refractivity contribution in [2.45, 2.75) is 24.3 Å². The lowest BCUT2D eigenvalue weighted by molar-refractivity contribution is -0.110. The molecular formula is C32H30N4O3S. The molecular weight excluding hydrogens is 520 g/mol. The molecule has 0 unspecified atom stereocenters. The largest absolute Gasteiger partial charge is 0.354 e. The first-order valence-corrected chi connectivity index (χ1v) is 14.9. The average Bonchev–Trinajstić information content (AvgIpc) is 3.60. The fraction of sp³-hybridized carbons (Fsp3) is 0.156. The molecule has 6 rings (SSSR count). The van der Waals surface area contributed by atoms with Crippen molar-refractivity contribution in [3.05, 3.63) is 120 Å². The summed E-state index contributed by atoms with van der Waals surface area (Å²) in [7, 11) is -3.88. The van der Waals surface area contributed by atoms with Crippen LogP contribution in [0, 0.1) is 0 Å². The molecule has 2 aliphatic heterocycles. The molecule has 0 atom stereocenters. The van der Waals surface area contributed by atoms with E-state index in [9.17, 15) is 13.2 Å². The van der Waals surface area contributed by atoms with Crippen LogP contribution in [0.4, 0.5) is 17.1 Å². The predicted octanol–water partition coefficient (Wildman–Crippen LogP) is 6.02. The van der Waals surface area contributed by atoms with Crippen molar-refractivity contribution >= 4 is 44.3 Å². The Balaban J connectivity index is 1.37. The highest BCUT2D eigenvalue weighted by molar-refractivity contribution is 7.92. The minimum atomic E-state index is -3.88. The molecule has 2 aliphatic rings. The van der Waals surface area contributed by atoms with Gasteiger partial charge in [0.1, 0.15) is 0 Å². The maximum Gasteiger partial charge on any atom is 0.261 e. The summed E-state index contributed by atoms with van der Waals surface area (Å²) in [4.78, 5) is 15.9. The van der Waals surface area contributed by atoms with Gasteiger partial charge in [-0.15, -0.1) is 0 Å². The second kappa shape index (κ2) is 11.0. The molecule has 4 aromatic carbocycles. The monoisotopic (exact) mass is 550 g/mol. The lowest BCUT2D eigenvalue weighted by atomic mass is 10.00. The Hall–Kier alpha value is -4.40. The smallest absolute Gasteiger partial charge is 0.261 e. The lowest BCUT2D eigenvalue weighted by Gasteiger charge is -2.17. The van der Waals surface area contributed by atoms with Crippen molar-refractivity contribution in [3.8, 4) is 0 Å². The number of hydrogen-bond donors (Lipinski definition) is 3. The van der Waals surface area contributed by atoms with Crippen LogP contribution in [0.5, 0.6) is 0 Å². The van der Waals surface area contributed by atoms with Crippen molar-refractivity contribution in [2.75, 3.05) is 28.4 Å².